The van der Waals surface area contributed by atoms with Gasteiger partial charge in [0.2, 0.25) is 5.91 Å². The molecule has 17 heavy (non-hydrogen) atoms. The predicted molar refractivity (Wildman–Crippen MR) is 69.8 cm³/mol. The summed E-state index contributed by atoms with van der Waals surface area (Å²) in [4.78, 5) is 12.0. The molecule has 1 saturated carbocycles. The van der Waals surface area contributed by atoms with Gasteiger partial charge in [-0.2, -0.15) is 0 Å². The fourth-order valence-electron chi connectivity index (χ4n) is 3.10. The number of hydrogen-bond donors (Lipinski definition) is 2. The van der Waals surface area contributed by atoms with E-state index in [1.165, 1.54) is 38.5 Å². The van der Waals surface area contributed by atoms with E-state index in [2.05, 4.69) is 17.6 Å². The van der Waals surface area contributed by atoms with Crippen molar-refractivity contribution in [2.24, 2.45) is 11.8 Å². The Morgan fingerprint density at radius 1 is 1.24 bits per heavy atom. The van der Waals surface area contributed by atoms with Crippen molar-refractivity contribution in [3.8, 4) is 0 Å². The number of piperidine rings is 1. The quantitative estimate of drug-likeness (QED) is 0.790. The highest BCUT2D eigenvalue weighted by atomic mass is 16.1. The van der Waals surface area contributed by atoms with Gasteiger partial charge in [0.25, 0.3) is 0 Å². The van der Waals surface area contributed by atoms with Gasteiger partial charge in [-0.3, -0.25) is 4.79 Å². The zero-order valence-corrected chi connectivity index (χ0v) is 11.0. The van der Waals surface area contributed by atoms with Crippen molar-refractivity contribution in [1.29, 1.82) is 0 Å². The maximum absolute atomic E-state index is 12.0. The molecule has 1 saturated heterocycles. The third-order valence-electron chi connectivity index (χ3n) is 4.37. The molecule has 2 fully saturated rings. The average Bonchev–Trinajstić information content (AvgIpc) is 2.33. The SMILES string of the molecule is CC1CCNCC1NC(=O)CC1CCCCC1. The van der Waals surface area contributed by atoms with Crippen molar-refractivity contribution in [1.82, 2.24) is 10.6 Å². The summed E-state index contributed by atoms with van der Waals surface area (Å²) in [5, 5.41) is 6.57. The van der Waals surface area contributed by atoms with Crippen LogP contribution in [0.15, 0.2) is 0 Å². The van der Waals surface area contributed by atoms with Crippen LogP contribution in [0.2, 0.25) is 0 Å². The Kier molecular flexibility index (Phi) is 4.84. The Labute approximate surface area is 105 Å². The van der Waals surface area contributed by atoms with E-state index >= 15 is 0 Å². The number of carbonyl (C=O) groups excluding carboxylic acids is 1. The van der Waals surface area contributed by atoms with Gasteiger partial charge in [-0.25, -0.2) is 0 Å². The van der Waals surface area contributed by atoms with Gasteiger partial charge >= 0.3 is 0 Å². The summed E-state index contributed by atoms with van der Waals surface area (Å²) in [5.41, 5.74) is 0. The molecular weight excluding hydrogens is 212 g/mol. The molecule has 2 aliphatic rings. The first-order valence-electron chi connectivity index (χ1n) is 7.26. The number of nitrogens with one attached hydrogen (secondary N) is 2. The van der Waals surface area contributed by atoms with E-state index in [0.717, 1.165) is 19.5 Å². The molecule has 0 aromatic carbocycles. The predicted octanol–water partition coefficient (Wildman–Crippen LogP) is 2.07. The van der Waals surface area contributed by atoms with E-state index in [0.29, 0.717) is 17.9 Å². The molecule has 0 bridgehead atoms. The molecule has 0 spiro atoms. The van der Waals surface area contributed by atoms with Crippen molar-refractivity contribution in [3.05, 3.63) is 0 Å². The number of carbonyl (C=O) groups is 1. The summed E-state index contributed by atoms with van der Waals surface area (Å²) >= 11 is 0. The van der Waals surface area contributed by atoms with Crippen molar-refractivity contribution < 1.29 is 4.79 Å². The van der Waals surface area contributed by atoms with E-state index in [9.17, 15) is 4.79 Å². The lowest BCUT2D eigenvalue weighted by atomic mass is 9.86. The summed E-state index contributed by atoms with van der Waals surface area (Å²) in [7, 11) is 0. The van der Waals surface area contributed by atoms with Gasteiger partial charge in [0.05, 0.1) is 0 Å². The third-order valence-corrected chi connectivity index (χ3v) is 4.37. The highest BCUT2D eigenvalue weighted by Crippen LogP contribution is 2.26. The molecule has 2 N–H and O–H groups in total. The van der Waals surface area contributed by atoms with Crippen molar-refractivity contribution in [2.75, 3.05) is 13.1 Å². The van der Waals surface area contributed by atoms with Gasteiger partial charge in [0, 0.05) is 19.0 Å². The van der Waals surface area contributed by atoms with Crippen LogP contribution in [-0.4, -0.2) is 25.0 Å². The van der Waals surface area contributed by atoms with E-state index in [1.54, 1.807) is 0 Å². The normalized spacial score (nSPS) is 31.1. The van der Waals surface area contributed by atoms with Crippen LogP contribution in [0, 0.1) is 11.8 Å². The summed E-state index contributed by atoms with van der Waals surface area (Å²) in [5.74, 6) is 1.54. The number of amides is 1. The molecule has 0 radical (unpaired) electrons. The first kappa shape index (κ1) is 12.9. The lowest BCUT2D eigenvalue weighted by molar-refractivity contribution is -0.123. The number of hydrogen-bond acceptors (Lipinski definition) is 2. The largest absolute Gasteiger partial charge is 0.352 e. The Bertz CT molecular complexity index is 249. The lowest BCUT2D eigenvalue weighted by Gasteiger charge is -2.31. The Morgan fingerprint density at radius 2 is 2.00 bits per heavy atom. The van der Waals surface area contributed by atoms with Crippen molar-refractivity contribution in [3.63, 3.8) is 0 Å². The molecule has 98 valence electrons. The van der Waals surface area contributed by atoms with Crippen LogP contribution < -0.4 is 10.6 Å². The fraction of sp³-hybridized carbons (Fsp3) is 0.929. The molecule has 2 unspecified atom stereocenters. The summed E-state index contributed by atoms with van der Waals surface area (Å²) < 4.78 is 0. The topological polar surface area (TPSA) is 41.1 Å². The minimum atomic E-state index is 0.275. The van der Waals surface area contributed by atoms with Crippen LogP contribution in [0.1, 0.15) is 51.9 Å². The second kappa shape index (κ2) is 6.39. The summed E-state index contributed by atoms with van der Waals surface area (Å²) in [6.45, 7) is 4.28. The zero-order chi connectivity index (χ0) is 12.1. The summed E-state index contributed by atoms with van der Waals surface area (Å²) in [6, 6.07) is 0.347. The monoisotopic (exact) mass is 238 g/mol. The second-order valence-electron chi connectivity index (χ2n) is 5.85. The average molecular weight is 238 g/mol. The molecule has 3 heteroatoms. The Morgan fingerprint density at radius 3 is 2.71 bits per heavy atom. The lowest BCUT2D eigenvalue weighted by Crippen LogP contribution is -2.50. The van der Waals surface area contributed by atoms with Crippen molar-refractivity contribution >= 4 is 5.91 Å². The van der Waals surface area contributed by atoms with Crippen LogP contribution in [0.4, 0.5) is 0 Å². The molecule has 2 atom stereocenters. The van der Waals surface area contributed by atoms with E-state index in [1.807, 2.05) is 0 Å². The second-order valence-corrected chi connectivity index (χ2v) is 5.85. The molecule has 0 aromatic heterocycles. The van der Waals surface area contributed by atoms with Gasteiger partial charge in [0.1, 0.15) is 0 Å². The fourth-order valence-corrected chi connectivity index (χ4v) is 3.10. The molecule has 1 aliphatic heterocycles. The van der Waals surface area contributed by atoms with Gasteiger partial charge < -0.3 is 10.6 Å². The van der Waals surface area contributed by atoms with Gasteiger partial charge in [-0.05, 0) is 37.6 Å². The standard InChI is InChI=1S/C14H26N2O/c1-11-7-8-15-10-13(11)16-14(17)9-12-5-3-2-4-6-12/h11-13,15H,2-10H2,1H3,(H,16,17). The smallest absolute Gasteiger partial charge is 0.220 e. The van der Waals surface area contributed by atoms with Gasteiger partial charge in [0.15, 0.2) is 0 Å². The van der Waals surface area contributed by atoms with Gasteiger partial charge in [-0.15, -0.1) is 0 Å². The van der Waals surface area contributed by atoms with Crippen LogP contribution in [-0.2, 0) is 4.79 Å². The van der Waals surface area contributed by atoms with Crippen LogP contribution >= 0.6 is 0 Å². The minimum Gasteiger partial charge on any atom is -0.352 e. The Hall–Kier alpha value is -0.570. The zero-order valence-electron chi connectivity index (χ0n) is 11.0. The Balaban J connectivity index is 1.72. The van der Waals surface area contributed by atoms with Gasteiger partial charge in [-0.1, -0.05) is 26.2 Å². The first-order valence-corrected chi connectivity index (χ1v) is 7.26. The van der Waals surface area contributed by atoms with Crippen LogP contribution in [0.5, 0.6) is 0 Å². The van der Waals surface area contributed by atoms with E-state index in [-0.39, 0.29) is 5.91 Å². The highest BCUT2D eigenvalue weighted by Gasteiger charge is 2.24. The van der Waals surface area contributed by atoms with E-state index < -0.39 is 0 Å². The van der Waals surface area contributed by atoms with Crippen LogP contribution in [0.3, 0.4) is 0 Å². The van der Waals surface area contributed by atoms with E-state index in [4.69, 9.17) is 0 Å². The molecule has 2 rings (SSSR count). The first-order chi connectivity index (χ1) is 8.25. The maximum atomic E-state index is 12.0. The molecule has 0 aromatic rings. The number of rotatable bonds is 3. The summed E-state index contributed by atoms with van der Waals surface area (Å²) in [6.07, 6.45) is 8.44. The minimum absolute atomic E-state index is 0.275. The maximum Gasteiger partial charge on any atom is 0.220 e. The molecule has 1 aliphatic carbocycles. The highest BCUT2D eigenvalue weighted by molar-refractivity contribution is 5.76. The van der Waals surface area contributed by atoms with Crippen molar-refractivity contribution in [2.45, 2.75) is 57.9 Å². The molecule has 3 nitrogen and oxygen atoms in total. The van der Waals surface area contributed by atoms with Crippen LogP contribution in [0.25, 0.3) is 0 Å². The molecular formula is C14H26N2O. The molecule has 1 heterocycles. The molecule has 1 amide bonds. The third kappa shape index (κ3) is 3.98.